The van der Waals surface area contributed by atoms with Crippen LogP contribution >= 0.6 is 24.8 Å². The maximum absolute atomic E-state index is 5.66. The van der Waals surface area contributed by atoms with E-state index in [1.165, 1.54) is 61.6 Å². The Labute approximate surface area is 272 Å². The SMILES string of the molecule is Cl.Cl.[CH2]=[Zr]([CH2]C)([C]1=C(C)C(CC23CC4CC(CC(C4)C2)C3)=CC1C)([c]1ccccc1)[c]1cccc2c1Cc1ccccc1-2. The fraction of sp³-hybridized carbons (Fsp3) is 0.425. The van der Waals surface area contributed by atoms with Crippen LogP contribution in [0, 0.1) is 29.1 Å². The van der Waals surface area contributed by atoms with Crippen molar-refractivity contribution in [2.24, 2.45) is 29.1 Å². The number of rotatable bonds is 6. The minimum absolute atomic E-state index is 0. The number of halogens is 2. The van der Waals surface area contributed by atoms with E-state index >= 15 is 0 Å². The van der Waals surface area contributed by atoms with Gasteiger partial charge in [-0.25, -0.2) is 0 Å². The van der Waals surface area contributed by atoms with Gasteiger partial charge in [0, 0.05) is 0 Å². The summed E-state index contributed by atoms with van der Waals surface area (Å²) in [4.78, 5) is 0. The van der Waals surface area contributed by atoms with Gasteiger partial charge in [-0.1, -0.05) is 0 Å². The molecule has 0 aliphatic heterocycles. The second-order valence-corrected chi connectivity index (χ2v) is 29.3. The molecule has 4 bridgehead atoms. The third-order valence-electron chi connectivity index (χ3n) is 12.9. The van der Waals surface area contributed by atoms with E-state index in [0.717, 1.165) is 28.3 Å². The van der Waals surface area contributed by atoms with Crippen molar-refractivity contribution in [3.8, 4) is 11.1 Å². The second kappa shape index (κ2) is 11.1. The molecule has 0 N–H and O–H groups in total. The Morgan fingerprint density at radius 2 is 1.40 bits per heavy atom. The predicted octanol–water partition coefficient (Wildman–Crippen LogP) is 10.1. The van der Waals surface area contributed by atoms with Crippen LogP contribution in [0.1, 0.15) is 76.8 Å². The fourth-order valence-corrected chi connectivity index (χ4v) is 28.4. The molecule has 3 heteroatoms. The van der Waals surface area contributed by atoms with Gasteiger partial charge in [0.15, 0.2) is 0 Å². The first-order chi connectivity index (χ1) is 19.8. The van der Waals surface area contributed by atoms with E-state index in [-0.39, 0.29) is 24.8 Å². The molecule has 6 aliphatic carbocycles. The van der Waals surface area contributed by atoms with Gasteiger partial charge >= 0.3 is 250 Å². The van der Waals surface area contributed by atoms with E-state index in [0.29, 0.717) is 11.3 Å². The quantitative estimate of drug-likeness (QED) is 0.189. The van der Waals surface area contributed by atoms with Gasteiger partial charge < -0.3 is 0 Å². The van der Waals surface area contributed by atoms with Crippen LogP contribution in [0.5, 0.6) is 0 Å². The average molecular weight is 691 g/mol. The fourth-order valence-electron chi connectivity index (χ4n) is 11.7. The van der Waals surface area contributed by atoms with Gasteiger partial charge in [-0.2, -0.15) is 0 Å². The van der Waals surface area contributed by atoms with Gasteiger partial charge in [0.2, 0.25) is 0 Å². The number of fused-ring (bicyclic) bond motifs is 3. The van der Waals surface area contributed by atoms with Crippen LogP contribution in [0.4, 0.5) is 0 Å². The van der Waals surface area contributed by atoms with Crippen LogP contribution in [0.25, 0.3) is 11.1 Å². The molecule has 226 valence electrons. The summed E-state index contributed by atoms with van der Waals surface area (Å²) in [6.45, 7) is 7.51. The van der Waals surface area contributed by atoms with Crippen LogP contribution in [0.2, 0.25) is 4.13 Å². The predicted molar refractivity (Wildman–Crippen MR) is 188 cm³/mol. The van der Waals surface area contributed by atoms with Crippen molar-refractivity contribution in [1.29, 1.82) is 0 Å². The molecule has 0 heterocycles. The normalized spacial score (nSPS) is 28.6. The molecule has 6 aliphatic rings. The van der Waals surface area contributed by atoms with Gasteiger partial charge in [0.25, 0.3) is 0 Å². The summed E-state index contributed by atoms with van der Waals surface area (Å²) in [6.07, 6.45) is 14.1. The standard InChI is InChI=1S/C18H25.C13H9.C6H5.C2H5.CH2.2ClH.Zr/c1-12-3-13(2)17(4-12)11-18-8-14-5-15(9-18)7-16(6-14)10-18;1-3-7-12-10(5-1)9-11-6-2-4-8-13(11)12;1-2-4-6-5-3-1;1-2;;;;/h4,12,14-16H,5-11H2,1-2H3;1-5,7-8H,9H2;1-5H;1H2,2H3;1H2;2*1H;. The molecule has 1 unspecified atom stereocenters. The zero-order valence-electron chi connectivity index (χ0n) is 26.2. The molecule has 1 atom stereocenters. The number of allylic oxidation sites excluding steroid dienone is 4. The molecule has 0 spiro atoms. The molecule has 3 aromatic carbocycles. The summed E-state index contributed by atoms with van der Waals surface area (Å²) >= 11 is -4.29. The van der Waals surface area contributed by atoms with E-state index in [2.05, 4.69) is 99.6 Å². The molecule has 9 rings (SSSR count). The molecular weight excluding hydrogens is 643 g/mol. The summed E-state index contributed by atoms with van der Waals surface area (Å²) in [5.41, 5.74) is 9.83. The summed E-state index contributed by atoms with van der Waals surface area (Å²) < 4.78 is 11.7. The second-order valence-electron chi connectivity index (χ2n) is 15.2. The van der Waals surface area contributed by atoms with Crippen molar-refractivity contribution in [2.75, 3.05) is 0 Å². The Morgan fingerprint density at radius 1 is 0.791 bits per heavy atom. The molecule has 0 aromatic heterocycles. The maximum atomic E-state index is 5.66. The van der Waals surface area contributed by atoms with Crippen LogP contribution in [-0.4, -0.2) is 4.21 Å². The van der Waals surface area contributed by atoms with Gasteiger partial charge in [-0.15, -0.1) is 24.8 Å². The van der Waals surface area contributed by atoms with Crippen LogP contribution in [-0.2, 0) is 24.7 Å². The van der Waals surface area contributed by atoms with Crippen LogP contribution < -0.4 is 6.54 Å². The summed E-state index contributed by atoms with van der Waals surface area (Å²) in [7, 11) is 0. The Kier molecular flexibility index (Phi) is 8.10. The number of benzene rings is 3. The average Bonchev–Trinajstić information content (AvgIpc) is 3.48. The summed E-state index contributed by atoms with van der Waals surface area (Å²) in [6, 6.07) is 28.0. The van der Waals surface area contributed by atoms with Crippen molar-refractivity contribution in [3.05, 3.63) is 104 Å². The third kappa shape index (κ3) is 4.49. The molecule has 4 fully saturated rings. The van der Waals surface area contributed by atoms with E-state index in [4.69, 9.17) is 4.21 Å². The topological polar surface area (TPSA) is 0 Å². The van der Waals surface area contributed by atoms with E-state index in [9.17, 15) is 0 Å². The molecule has 0 saturated heterocycles. The van der Waals surface area contributed by atoms with Crippen molar-refractivity contribution < 1.29 is 18.3 Å². The summed E-state index contributed by atoms with van der Waals surface area (Å²) in [5.74, 6) is 3.49. The molecule has 0 nitrogen and oxygen atoms in total. The first-order valence-electron chi connectivity index (χ1n) is 16.5. The van der Waals surface area contributed by atoms with Crippen molar-refractivity contribution >= 4 is 35.6 Å². The van der Waals surface area contributed by atoms with Gasteiger partial charge in [-0.3, -0.25) is 0 Å². The Morgan fingerprint density at radius 3 is 2.05 bits per heavy atom. The monoisotopic (exact) mass is 688 g/mol. The number of hydrogen-bond donors (Lipinski definition) is 0. The molecule has 4 saturated carbocycles. The Bertz CT molecular complexity index is 1660. The van der Waals surface area contributed by atoms with Gasteiger partial charge in [0.1, 0.15) is 0 Å². The van der Waals surface area contributed by atoms with Crippen LogP contribution in [0.3, 0.4) is 0 Å². The third-order valence-corrected chi connectivity index (χ3v) is 30.6. The van der Waals surface area contributed by atoms with Crippen molar-refractivity contribution in [1.82, 2.24) is 0 Å². The Hall–Kier alpha value is -1.53. The van der Waals surface area contributed by atoms with E-state index in [1.54, 1.807) is 26.5 Å². The zero-order chi connectivity index (χ0) is 28.0. The zero-order valence-corrected chi connectivity index (χ0v) is 30.3. The van der Waals surface area contributed by atoms with E-state index in [1.807, 2.05) is 0 Å². The van der Waals surface area contributed by atoms with Gasteiger partial charge in [-0.05, 0) is 0 Å². The first kappa shape index (κ1) is 31.5. The first-order valence-corrected chi connectivity index (χ1v) is 23.7. The van der Waals surface area contributed by atoms with Crippen molar-refractivity contribution in [2.45, 2.75) is 76.3 Å². The molecule has 3 aromatic rings. The van der Waals surface area contributed by atoms with Crippen LogP contribution in [0.15, 0.2) is 93.3 Å². The van der Waals surface area contributed by atoms with Gasteiger partial charge in [0.05, 0.1) is 0 Å². The minimum atomic E-state index is -4.29. The summed E-state index contributed by atoms with van der Waals surface area (Å²) in [5, 5.41) is 0. The van der Waals surface area contributed by atoms with Crippen molar-refractivity contribution in [3.63, 3.8) is 0 Å². The molecule has 43 heavy (non-hydrogen) atoms. The number of hydrogen-bond acceptors (Lipinski definition) is 0. The molecule has 0 radical (unpaired) electrons. The molecular formula is C40H48Cl2Zr. The molecule has 0 amide bonds. The van der Waals surface area contributed by atoms with E-state index < -0.39 is 18.3 Å². The Balaban J connectivity index is 0.00000165.